The van der Waals surface area contributed by atoms with Crippen molar-refractivity contribution in [1.82, 2.24) is 0 Å². The Morgan fingerprint density at radius 3 is 2.27 bits per heavy atom. The van der Waals surface area contributed by atoms with Gasteiger partial charge in [0.2, 0.25) is 11.8 Å². The first kappa shape index (κ1) is 17.8. The lowest BCUT2D eigenvalue weighted by Crippen LogP contribution is -2.15. The van der Waals surface area contributed by atoms with Crippen LogP contribution >= 0.6 is 0 Å². The van der Waals surface area contributed by atoms with E-state index in [1.165, 1.54) is 6.92 Å². The van der Waals surface area contributed by atoms with Crippen LogP contribution in [0.5, 0.6) is 11.5 Å². The molecule has 2 aromatic carbocycles. The van der Waals surface area contributed by atoms with Crippen molar-refractivity contribution in [3.05, 3.63) is 48.0 Å². The van der Waals surface area contributed by atoms with Gasteiger partial charge in [-0.15, -0.1) is 0 Å². The number of hydrogen-bond acceptors (Lipinski definition) is 4. The zero-order valence-corrected chi connectivity index (χ0v) is 14.7. The number of rotatable bonds is 6. The topological polar surface area (TPSA) is 76.7 Å². The summed E-state index contributed by atoms with van der Waals surface area (Å²) in [5, 5.41) is 5.55. The molecule has 6 nitrogen and oxygen atoms in total. The zero-order chi connectivity index (χ0) is 18.4. The van der Waals surface area contributed by atoms with Gasteiger partial charge in [0.15, 0.2) is 11.5 Å². The van der Waals surface area contributed by atoms with Gasteiger partial charge in [-0.2, -0.15) is 0 Å². The molecule has 0 saturated heterocycles. The lowest BCUT2D eigenvalue weighted by molar-refractivity contribution is -0.116. The van der Waals surface area contributed by atoms with E-state index in [2.05, 4.69) is 10.6 Å². The van der Waals surface area contributed by atoms with E-state index in [4.69, 9.17) is 9.47 Å². The fraction of sp³-hybridized carbons (Fsp3) is 0.300. The second-order valence-corrected chi connectivity index (χ2v) is 6.14. The molecule has 0 aromatic heterocycles. The quantitative estimate of drug-likeness (QED) is 0.834. The maximum absolute atomic E-state index is 12.1. The fourth-order valence-corrected chi connectivity index (χ4v) is 2.76. The van der Waals surface area contributed by atoms with Gasteiger partial charge in [-0.25, -0.2) is 0 Å². The van der Waals surface area contributed by atoms with Gasteiger partial charge < -0.3 is 20.1 Å². The second kappa shape index (κ2) is 8.38. The molecule has 2 N–H and O–H groups in total. The summed E-state index contributed by atoms with van der Waals surface area (Å²) in [6, 6.07) is 13.0. The highest BCUT2D eigenvalue weighted by Gasteiger charge is 2.12. The number of hydrogen-bond donors (Lipinski definition) is 2. The lowest BCUT2D eigenvalue weighted by Gasteiger charge is -2.18. The normalized spacial score (nSPS) is 12.3. The first-order valence-corrected chi connectivity index (χ1v) is 8.66. The number of aryl methyl sites for hydroxylation is 1. The van der Waals surface area contributed by atoms with Gasteiger partial charge in [-0.3, -0.25) is 9.59 Å². The minimum atomic E-state index is -0.124. The Kier molecular flexibility index (Phi) is 5.73. The van der Waals surface area contributed by atoms with Gasteiger partial charge in [-0.05, 0) is 54.8 Å². The summed E-state index contributed by atoms with van der Waals surface area (Å²) in [5.74, 6) is 1.40. The van der Waals surface area contributed by atoms with Gasteiger partial charge in [0.1, 0.15) is 13.2 Å². The van der Waals surface area contributed by atoms with Crippen LogP contribution in [0.4, 0.5) is 11.4 Å². The van der Waals surface area contributed by atoms with Gasteiger partial charge in [0, 0.05) is 24.7 Å². The second-order valence-electron chi connectivity index (χ2n) is 6.14. The van der Waals surface area contributed by atoms with Crippen LogP contribution < -0.4 is 20.1 Å². The van der Waals surface area contributed by atoms with Crippen molar-refractivity contribution in [3.8, 4) is 11.5 Å². The summed E-state index contributed by atoms with van der Waals surface area (Å²) < 4.78 is 11.1. The van der Waals surface area contributed by atoms with Crippen molar-refractivity contribution in [2.45, 2.75) is 26.2 Å². The van der Waals surface area contributed by atoms with Crippen molar-refractivity contribution in [2.75, 3.05) is 23.8 Å². The van der Waals surface area contributed by atoms with Crippen LogP contribution in [0.25, 0.3) is 0 Å². The number of anilines is 2. The third-order valence-electron chi connectivity index (χ3n) is 3.96. The summed E-state index contributed by atoms with van der Waals surface area (Å²) >= 11 is 0. The smallest absolute Gasteiger partial charge is 0.224 e. The summed E-state index contributed by atoms with van der Waals surface area (Å²) in [5.41, 5.74) is 2.54. The van der Waals surface area contributed by atoms with E-state index in [0.29, 0.717) is 31.0 Å². The van der Waals surface area contributed by atoms with Crippen molar-refractivity contribution in [1.29, 1.82) is 0 Å². The molecule has 2 amide bonds. The SMILES string of the molecule is CC(=O)Nc1ccc(NC(=O)CCCc2ccc3c(c2)OCCO3)cc1. The average Bonchev–Trinajstić information content (AvgIpc) is 2.63. The summed E-state index contributed by atoms with van der Waals surface area (Å²) in [6.45, 7) is 2.61. The summed E-state index contributed by atoms with van der Waals surface area (Å²) in [6.07, 6.45) is 1.98. The highest BCUT2D eigenvalue weighted by Crippen LogP contribution is 2.31. The minimum absolute atomic E-state index is 0.0326. The molecule has 0 aliphatic carbocycles. The predicted molar refractivity (Wildman–Crippen MR) is 99.7 cm³/mol. The molecule has 0 atom stereocenters. The van der Waals surface area contributed by atoms with Gasteiger partial charge >= 0.3 is 0 Å². The molecule has 0 saturated carbocycles. The van der Waals surface area contributed by atoms with Crippen molar-refractivity contribution >= 4 is 23.2 Å². The molecule has 0 unspecified atom stereocenters. The number of fused-ring (bicyclic) bond motifs is 1. The van der Waals surface area contributed by atoms with Gasteiger partial charge in [0.25, 0.3) is 0 Å². The molecule has 26 heavy (non-hydrogen) atoms. The monoisotopic (exact) mass is 354 g/mol. The number of carbonyl (C=O) groups is 2. The van der Waals surface area contributed by atoms with Crippen LogP contribution in [-0.4, -0.2) is 25.0 Å². The fourth-order valence-electron chi connectivity index (χ4n) is 2.76. The first-order chi connectivity index (χ1) is 12.6. The molecule has 6 heteroatoms. The van der Waals surface area contributed by atoms with E-state index in [9.17, 15) is 9.59 Å². The van der Waals surface area contributed by atoms with Crippen LogP contribution in [0.1, 0.15) is 25.3 Å². The van der Waals surface area contributed by atoms with Crippen LogP contribution in [0, 0.1) is 0 Å². The molecule has 1 aliphatic heterocycles. The molecular weight excluding hydrogens is 332 g/mol. The Morgan fingerprint density at radius 2 is 1.58 bits per heavy atom. The van der Waals surface area contributed by atoms with E-state index in [-0.39, 0.29) is 11.8 Å². The van der Waals surface area contributed by atoms with Crippen molar-refractivity contribution in [3.63, 3.8) is 0 Å². The molecule has 136 valence electrons. The standard InChI is InChI=1S/C20H22N2O4/c1-14(23)21-16-6-8-17(9-7-16)22-20(24)4-2-3-15-5-10-18-19(13-15)26-12-11-25-18/h5-10,13H,2-4,11-12H2,1H3,(H,21,23)(H,22,24). The highest BCUT2D eigenvalue weighted by atomic mass is 16.6. The minimum Gasteiger partial charge on any atom is -0.486 e. The van der Waals surface area contributed by atoms with Gasteiger partial charge in [-0.1, -0.05) is 6.07 Å². The largest absolute Gasteiger partial charge is 0.486 e. The van der Waals surface area contributed by atoms with E-state index < -0.39 is 0 Å². The number of ether oxygens (including phenoxy) is 2. The number of nitrogens with one attached hydrogen (secondary N) is 2. The Hall–Kier alpha value is -3.02. The van der Waals surface area contributed by atoms with Crippen molar-refractivity contribution < 1.29 is 19.1 Å². The third-order valence-corrected chi connectivity index (χ3v) is 3.96. The molecule has 1 heterocycles. The van der Waals surface area contributed by atoms with E-state index in [1.807, 2.05) is 18.2 Å². The Morgan fingerprint density at radius 1 is 0.923 bits per heavy atom. The molecule has 0 fully saturated rings. The van der Waals surface area contributed by atoms with Crippen LogP contribution in [0.15, 0.2) is 42.5 Å². The van der Waals surface area contributed by atoms with E-state index in [1.54, 1.807) is 24.3 Å². The molecule has 3 rings (SSSR count). The molecule has 0 radical (unpaired) electrons. The highest BCUT2D eigenvalue weighted by molar-refractivity contribution is 5.92. The van der Waals surface area contributed by atoms with Crippen LogP contribution in [0.2, 0.25) is 0 Å². The Balaban J connectivity index is 1.45. The molecule has 0 spiro atoms. The third kappa shape index (κ3) is 4.99. The number of benzene rings is 2. The molecule has 0 bridgehead atoms. The molecular formula is C20H22N2O4. The summed E-state index contributed by atoms with van der Waals surface area (Å²) in [4.78, 5) is 23.1. The lowest BCUT2D eigenvalue weighted by atomic mass is 10.1. The Labute approximate surface area is 152 Å². The van der Waals surface area contributed by atoms with Crippen molar-refractivity contribution in [2.24, 2.45) is 0 Å². The number of amides is 2. The van der Waals surface area contributed by atoms with Crippen LogP contribution in [-0.2, 0) is 16.0 Å². The first-order valence-electron chi connectivity index (χ1n) is 8.66. The number of carbonyl (C=O) groups excluding carboxylic acids is 2. The average molecular weight is 354 g/mol. The maximum Gasteiger partial charge on any atom is 0.224 e. The molecule has 2 aromatic rings. The molecule has 1 aliphatic rings. The maximum atomic E-state index is 12.1. The predicted octanol–water partition coefficient (Wildman–Crippen LogP) is 3.38. The van der Waals surface area contributed by atoms with Crippen LogP contribution in [0.3, 0.4) is 0 Å². The van der Waals surface area contributed by atoms with E-state index in [0.717, 1.165) is 29.9 Å². The van der Waals surface area contributed by atoms with Gasteiger partial charge in [0.05, 0.1) is 0 Å². The zero-order valence-electron chi connectivity index (χ0n) is 14.7. The van der Waals surface area contributed by atoms with E-state index >= 15 is 0 Å². The Bertz CT molecular complexity index is 787. The summed E-state index contributed by atoms with van der Waals surface area (Å²) in [7, 11) is 0.